The number of phenolic OH excluding ortho intramolecular Hbond substituents is 1. The summed E-state index contributed by atoms with van der Waals surface area (Å²) < 4.78 is 31.0. The average Bonchev–Trinajstić information content (AvgIpc) is 2.88. The van der Waals surface area contributed by atoms with Crippen LogP contribution in [0.1, 0.15) is 25.5 Å². The van der Waals surface area contributed by atoms with E-state index >= 15 is 4.39 Å². The summed E-state index contributed by atoms with van der Waals surface area (Å²) in [6.07, 6.45) is 3.35. The molecule has 2 atom stereocenters. The molecule has 0 amide bonds. The van der Waals surface area contributed by atoms with E-state index in [1.165, 1.54) is 12.1 Å². The highest BCUT2D eigenvalue weighted by Gasteiger charge is 2.29. The SMILES string of the molecule is C[C@@H]1CN(c2nc(CN(C)Cc3ncccn3)nc3c(F)c(-c4c(O)cccc4F)c(Cl)cc23)[C@@H](C)CN1. The van der Waals surface area contributed by atoms with Crippen LogP contribution >= 0.6 is 11.6 Å². The maximum Gasteiger partial charge on any atom is 0.159 e. The molecule has 4 aromatic rings. The minimum Gasteiger partial charge on any atom is -0.507 e. The maximum atomic E-state index is 16.2. The smallest absolute Gasteiger partial charge is 0.159 e. The van der Waals surface area contributed by atoms with Gasteiger partial charge in [0.1, 0.15) is 34.6 Å². The van der Waals surface area contributed by atoms with E-state index in [1.807, 2.05) is 11.9 Å². The molecular formula is C27H28ClF2N7O. The van der Waals surface area contributed by atoms with Crippen LogP contribution in [0.4, 0.5) is 14.6 Å². The first-order valence-corrected chi connectivity index (χ1v) is 12.7. The van der Waals surface area contributed by atoms with E-state index in [1.54, 1.807) is 24.5 Å². The Morgan fingerprint density at radius 1 is 1.08 bits per heavy atom. The third kappa shape index (κ3) is 5.11. The topological polar surface area (TPSA) is 90.3 Å². The van der Waals surface area contributed by atoms with Crippen molar-refractivity contribution in [3.8, 4) is 16.9 Å². The van der Waals surface area contributed by atoms with Crippen molar-refractivity contribution in [2.45, 2.75) is 39.0 Å². The molecule has 3 heterocycles. The summed E-state index contributed by atoms with van der Waals surface area (Å²) in [5.74, 6) is -0.438. The molecule has 1 fully saturated rings. The van der Waals surface area contributed by atoms with Crippen molar-refractivity contribution < 1.29 is 13.9 Å². The second kappa shape index (κ2) is 10.7. The Labute approximate surface area is 224 Å². The van der Waals surface area contributed by atoms with E-state index in [4.69, 9.17) is 16.6 Å². The normalized spacial score (nSPS) is 17.9. The molecule has 2 aromatic carbocycles. The summed E-state index contributed by atoms with van der Waals surface area (Å²) in [5, 5.41) is 14.2. The van der Waals surface area contributed by atoms with Crippen LogP contribution in [0.25, 0.3) is 22.0 Å². The van der Waals surface area contributed by atoms with Gasteiger partial charge in [0.15, 0.2) is 5.82 Å². The Balaban J connectivity index is 1.66. The molecule has 0 spiro atoms. The zero-order chi connectivity index (χ0) is 27.0. The van der Waals surface area contributed by atoms with Gasteiger partial charge in [-0.2, -0.15) is 0 Å². The predicted molar refractivity (Wildman–Crippen MR) is 143 cm³/mol. The number of aromatic hydroxyl groups is 1. The predicted octanol–water partition coefficient (Wildman–Crippen LogP) is 4.54. The summed E-state index contributed by atoms with van der Waals surface area (Å²) in [5.41, 5.74) is -0.533. The van der Waals surface area contributed by atoms with E-state index < -0.39 is 17.4 Å². The fraction of sp³-hybridized carbons (Fsp3) is 0.333. The van der Waals surface area contributed by atoms with Crippen LogP contribution in [0.15, 0.2) is 42.7 Å². The van der Waals surface area contributed by atoms with E-state index in [0.29, 0.717) is 42.5 Å². The van der Waals surface area contributed by atoms with Crippen LogP contribution < -0.4 is 10.2 Å². The number of nitrogens with zero attached hydrogens (tertiary/aromatic N) is 6. The highest BCUT2D eigenvalue weighted by Crippen LogP contribution is 2.42. The monoisotopic (exact) mass is 539 g/mol. The third-order valence-corrected chi connectivity index (χ3v) is 6.93. The van der Waals surface area contributed by atoms with E-state index in [9.17, 15) is 9.50 Å². The fourth-order valence-corrected chi connectivity index (χ4v) is 5.06. The second-order valence-corrected chi connectivity index (χ2v) is 10.1. The lowest BCUT2D eigenvalue weighted by molar-refractivity contribution is 0.302. The van der Waals surface area contributed by atoms with Crippen LogP contribution in [-0.2, 0) is 13.1 Å². The number of phenols is 1. The summed E-state index contributed by atoms with van der Waals surface area (Å²) in [4.78, 5) is 22.0. The van der Waals surface area contributed by atoms with E-state index in [-0.39, 0.29) is 33.7 Å². The third-order valence-electron chi connectivity index (χ3n) is 6.63. The van der Waals surface area contributed by atoms with Crippen LogP contribution in [0, 0.1) is 11.6 Å². The highest BCUT2D eigenvalue weighted by molar-refractivity contribution is 6.34. The highest BCUT2D eigenvalue weighted by atomic mass is 35.5. The molecule has 0 saturated carbocycles. The number of hydrogen-bond acceptors (Lipinski definition) is 8. The number of anilines is 1. The van der Waals surface area contributed by atoms with Crippen molar-refractivity contribution in [2.75, 3.05) is 25.0 Å². The Morgan fingerprint density at radius 2 is 1.82 bits per heavy atom. The molecule has 1 aliphatic rings. The Bertz CT molecular complexity index is 1450. The molecule has 1 aliphatic heterocycles. The van der Waals surface area contributed by atoms with Crippen molar-refractivity contribution >= 4 is 28.3 Å². The molecule has 0 aliphatic carbocycles. The van der Waals surface area contributed by atoms with Gasteiger partial charge in [0.2, 0.25) is 0 Å². The summed E-state index contributed by atoms with van der Waals surface area (Å²) in [6.45, 7) is 6.24. The summed E-state index contributed by atoms with van der Waals surface area (Å²) in [7, 11) is 1.88. The Morgan fingerprint density at radius 3 is 2.55 bits per heavy atom. The quantitative estimate of drug-likeness (QED) is 0.369. The lowest BCUT2D eigenvalue weighted by Crippen LogP contribution is -2.54. The zero-order valence-corrected chi connectivity index (χ0v) is 22.0. The van der Waals surface area contributed by atoms with Gasteiger partial charge in [0.05, 0.1) is 23.7 Å². The molecule has 0 bridgehead atoms. The molecule has 0 radical (unpaired) electrons. The van der Waals surface area contributed by atoms with Crippen LogP contribution in [0.5, 0.6) is 5.75 Å². The van der Waals surface area contributed by atoms with E-state index in [2.05, 4.69) is 39.0 Å². The molecule has 198 valence electrons. The molecule has 8 nitrogen and oxygen atoms in total. The molecular weight excluding hydrogens is 512 g/mol. The van der Waals surface area contributed by atoms with Crippen LogP contribution in [0.3, 0.4) is 0 Å². The molecule has 38 heavy (non-hydrogen) atoms. The largest absolute Gasteiger partial charge is 0.507 e. The summed E-state index contributed by atoms with van der Waals surface area (Å²) >= 11 is 6.55. The van der Waals surface area contributed by atoms with Crippen molar-refractivity contribution in [2.24, 2.45) is 0 Å². The first-order chi connectivity index (χ1) is 18.2. The molecule has 5 rings (SSSR count). The van der Waals surface area contributed by atoms with Gasteiger partial charge in [-0.3, -0.25) is 4.90 Å². The zero-order valence-electron chi connectivity index (χ0n) is 21.3. The minimum atomic E-state index is -0.817. The van der Waals surface area contributed by atoms with Gasteiger partial charge < -0.3 is 15.3 Å². The van der Waals surface area contributed by atoms with Gasteiger partial charge in [0, 0.05) is 48.5 Å². The summed E-state index contributed by atoms with van der Waals surface area (Å²) in [6, 6.07) is 7.35. The van der Waals surface area contributed by atoms with Gasteiger partial charge in [-0.05, 0) is 45.2 Å². The van der Waals surface area contributed by atoms with Crippen LogP contribution in [0.2, 0.25) is 5.02 Å². The lowest BCUT2D eigenvalue weighted by Gasteiger charge is -2.39. The van der Waals surface area contributed by atoms with Crippen molar-refractivity contribution in [1.29, 1.82) is 0 Å². The number of rotatable bonds is 6. The van der Waals surface area contributed by atoms with Gasteiger partial charge in [-0.15, -0.1) is 0 Å². The molecule has 1 saturated heterocycles. The first-order valence-electron chi connectivity index (χ1n) is 12.3. The number of piperazine rings is 1. The van der Waals surface area contributed by atoms with Gasteiger partial charge >= 0.3 is 0 Å². The molecule has 2 N–H and O–H groups in total. The van der Waals surface area contributed by atoms with Gasteiger partial charge in [-0.25, -0.2) is 28.7 Å². The number of fused-ring (bicyclic) bond motifs is 1. The number of aromatic nitrogens is 4. The Hall–Kier alpha value is -3.47. The van der Waals surface area contributed by atoms with Crippen molar-refractivity contribution in [3.05, 3.63) is 71.0 Å². The fourth-order valence-electron chi connectivity index (χ4n) is 4.77. The second-order valence-electron chi connectivity index (χ2n) is 9.69. The number of halogens is 3. The van der Waals surface area contributed by atoms with Gasteiger partial charge in [0.25, 0.3) is 0 Å². The van der Waals surface area contributed by atoms with Crippen LogP contribution in [-0.4, -0.2) is 62.2 Å². The van der Waals surface area contributed by atoms with Crippen molar-refractivity contribution in [3.63, 3.8) is 0 Å². The standard InChI is InChI=1S/C27H28ClF2N7O/c1-15-12-37(16(2)11-33-15)27-17-10-18(28)23(24-19(29)6-4-7-20(24)38)25(30)26(17)34-22(35-27)14-36(3)13-21-31-8-5-9-32-21/h4-10,15-16,33,38H,11-14H2,1-3H3/t15-,16+/m1/s1. The average molecular weight is 540 g/mol. The molecule has 11 heteroatoms. The number of benzene rings is 2. The lowest BCUT2D eigenvalue weighted by atomic mass is 10.0. The van der Waals surface area contributed by atoms with Gasteiger partial charge in [-0.1, -0.05) is 17.7 Å². The number of nitrogens with one attached hydrogen (secondary N) is 1. The van der Waals surface area contributed by atoms with E-state index in [0.717, 1.165) is 12.6 Å². The number of hydrogen-bond donors (Lipinski definition) is 2. The van der Waals surface area contributed by atoms with Crippen molar-refractivity contribution in [1.82, 2.24) is 30.2 Å². The minimum absolute atomic E-state index is 0.00907. The molecule has 0 unspecified atom stereocenters. The Kier molecular flexibility index (Phi) is 7.38. The maximum absolute atomic E-state index is 16.2. The molecule has 2 aromatic heterocycles. The first kappa shape index (κ1) is 26.1.